The standard InChI is InChI=1S/C10H17NO2S/c11-7-2-1-3-8-9(7)10(6-14-8)12-4-5-13-10/h7-9H,1-6,11H2. The quantitative estimate of drug-likeness (QED) is 0.654. The van der Waals surface area contributed by atoms with Gasteiger partial charge in [-0.3, -0.25) is 0 Å². The van der Waals surface area contributed by atoms with Crippen LogP contribution in [0.5, 0.6) is 0 Å². The minimum Gasteiger partial charge on any atom is -0.346 e. The number of hydrogen-bond acceptors (Lipinski definition) is 4. The normalized spacial score (nSPS) is 45.6. The number of thioether (sulfide) groups is 1. The third-order valence-corrected chi connectivity index (χ3v) is 5.20. The Morgan fingerprint density at radius 2 is 2.00 bits per heavy atom. The summed E-state index contributed by atoms with van der Waals surface area (Å²) in [5.41, 5.74) is 6.20. The average molecular weight is 215 g/mol. The second-order valence-electron chi connectivity index (χ2n) is 4.48. The van der Waals surface area contributed by atoms with Crippen molar-refractivity contribution in [3.8, 4) is 0 Å². The molecule has 3 atom stereocenters. The Hall–Kier alpha value is 0.230. The Kier molecular flexibility index (Phi) is 2.28. The van der Waals surface area contributed by atoms with Crippen molar-refractivity contribution >= 4 is 11.8 Å². The maximum atomic E-state index is 6.20. The number of nitrogens with two attached hydrogens (primary N) is 1. The van der Waals surface area contributed by atoms with Crippen LogP contribution < -0.4 is 5.73 Å². The summed E-state index contributed by atoms with van der Waals surface area (Å²) in [5, 5.41) is 0.678. The molecule has 0 aromatic rings. The minimum atomic E-state index is -0.310. The van der Waals surface area contributed by atoms with Gasteiger partial charge in [-0.2, -0.15) is 11.8 Å². The molecule has 3 nitrogen and oxygen atoms in total. The molecule has 0 radical (unpaired) electrons. The zero-order valence-electron chi connectivity index (χ0n) is 8.28. The summed E-state index contributed by atoms with van der Waals surface area (Å²) in [6.07, 6.45) is 3.69. The van der Waals surface area contributed by atoms with Gasteiger partial charge in [0.15, 0.2) is 5.79 Å². The maximum absolute atomic E-state index is 6.20. The topological polar surface area (TPSA) is 44.5 Å². The van der Waals surface area contributed by atoms with E-state index in [1.165, 1.54) is 12.8 Å². The van der Waals surface area contributed by atoms with Crippen molar-refractivity contribution in [2.45, 2.75) is 36.3 Å². The van der Waals surface area contributed by atoms with Crippen LogP contribution in [0.15, 0.2) is 0 Å². The van der Waals surface area contributed by atoms with Gasteiger partial charge in [-0.15, -0.1) is 0 Å². The van der Waals surface area contributed by atoms with Gasteiger partial charge < -0.3 is 15.2 Å². The molecule has 2 N–H and O–H groups in total. The van der Waals surface area contributed by atoms with Gasteiger partial charge in [0.1, 0.15) is 0 Å². The molecule has 1 aliphatic carbocycles. The molecule has 1 saturated carbocycles. The van der Waals surface area contributed by atoms with Crippen LogP contribution in [-0.4, -0.2) is 36.0 Å². The highest BCUT2D eigenvalue weighted by Crippen LogP contribution is 2.50. The summed E-state index contributed by atoms with van der Waals surface area (Å²) in [5.74, 6) is 1.11. The van der Waals surface area contributed by atoms with E-state index < -0.39 is 0 Å². The predicted molar refractivity (Wildman–Crippen MR) is 56.2 cm³/mol. The number of fused-ring (bicyclic) bond motifs is 2. The Morgan fingerprint density at radius 1 is 1.21 bits per heavy atom. The lowest BCUT2D eigenvalue weighted by atomic mass is 9.80. The van der Waals surface area contributed by atoms with Crippen LogP contribution >= 0.6 is 11.8 Å². The highest BCUT2D eigenvalue weighted by molar-refractivity contribution is 8.00. The van der Waals surface area contributed by atoms with E-state index in [9.17, 15) is 0 Å². The van der Waals surface area contributed by atoms with E-state index in [1.54, 1.807) is 0 Å². The van der Waals surface area contributed by atoms with Gasteiger partial charge in [-0.1, -0.05) is 6.42 Å². The van der Waals surface area contributed by atoms with Crippen LogP contribution in [0.25, 0.3) is 0 Å². The van der Waals surface area contributed by atoms with Gasteiger partial charge in [0.25, 0.3) is 0 Å². The molecular weight excluding hydrogens is 198 g/mol. The summed E-state index contributed by atoms with van der Waals surface area (Å²) in [6.45, 7) is 1.49. The van der Waals surface area contributed by atoms with E-state index in [1.807, 2.05) is 11.8 Å². The zero-order chi connectivity index (χ0) is 9.60. The fourth-order valence-corrected chi connectivity index (χ4v) is 4.81. The van der Waals surface area contributed by atoms with Crippen molar-refractivity contribution < 1.29 is 9.47 Å². The predicted octanol–water partition coefficient (Wildman–Crippen LogP) is 0.972. The van der Waals surface area contributed by atoms with E-state index in [2.05, 4.69) is 0 Å². The molecule has 1 spiro atoms. The highest BCUT2D eigenvalue weighted by Gasteiger charge is 2.56. The number of rotatable bonds is 0. The molecule has 3 rings (SSSR count). The molecule has 14 heavy (non-hydrogen) atoms. The first-order chi connectivity index (χ1) is 6.82. The van der Waals surface area contributed by atoms with Gasteiger partial charge in [0.2, 0.25) is 0 Å². The fraction of sp³-hybridized carbons (Fsp3) is 1.00. The van der Waals surface area contributed by atoms with Crippen LogP contribution in [-0.2, 0) is 9.47 Å². The van der Waals surface area contributed by atoms with Crippen LogP contribution in [0.2, 0.25) is 0 Å². The smallest absolute Gasteiger partial charge is 0.182 e. The van der Waals surface area contributed by atoms with Crippen molar-refractivity contribution in [3.63, 3.8) is 0 Å². The Morgan fingerprint density at radius 3 is 2.79 bits per heavy atom. The Balaban J connectivity index is 1.86. The molecule has 2 heterocycles. The van der Waals surface area contributed by atoms with E-state index in [0.29, 0.717) is 11.2 Å². The van der Waals surface area contributed by atoms with Crippen LogP contribution in [0.4, 0.5) is 0 Å². The molecule has 4 heteroatoms. The highest BCUT2D eigenvalue weighted by atomic mass is 32.2. The molecule has 2 saturated heterocycles. The van der Waals surface area contributed by atoms with E-state index in [4.69, 9.17) is 15.2 Å². The lowest BCUT2D eigenvalue weighted by Crippen LogP contribution is -2.51. The largest absolute Gasteiger partial charge is 0.346 e. The van der Waals surface area contributed by atoms with E-state index in [0.717, 1.165) is 25.4 Å². The molecule has 2 aliphatic heterocycles. The van der Waals surface area contributed by atoms with Crippen molar-refractivity contribution in [2.24, 2.45) is 11.7 Å². The monoisotopic (exact) mass is 215 g/mol. The summed E-state index contributed by atoms with van der Waals surface area (Å²) in [4.78, 5) is 0. The summed E-state index contributed by atoms with van der Waals surface area (Å²) < 4.78 is 11.6. The van der Waals surface area contributed by atoms with Crippen molar-refractivity contribution in [3.05, 3.63) is 0 Å². The van der Waals surface area contributed by atoms with Gasteiger partial charge in [0.05, 0.1) is 13.2 Å². The van der Waals surface area contributed by atoms with E-state index in [-0.39, 0.29) is 11.8 Å². The Labute approximate surface area is 88.7 Å². The molecule has 0 aromatic carbocycles. The van der Waals surface area contributed by atoms with Gasteiger partial charge in [-0.25, -0.2) is 0 Å². The molecule has 3 fully saturated rings. The molecule has 0 bridgehead atoms. The Bertz CT molecular complexity index is 230. The van der Waals surface area contributed by atoms with Crippen molar-refractivity contribution in [1.82, 2.24) is 0 Å². The summed E-state index contributed by atoms with van der Waals surface area (Å²) in [7, 11) is 0. The minimum absolute atomic E-state index is 0.279. The first kappa shape index (κ1) is 9.46. The molecule has 3 unspecified atom stereocenters. The molecule has 0 amide bonds. The molecular formula is C10H17NO2S. The lowest BCUT2D eigenvalue weighted by Gasteiger charge is -2.38. The second kappa shape index (κ2) is 3.37. The number of ether oxygens (including phenoxy) is 2. The molecule has 3 aliphatic rings. The fourth-order valence-electron chi connectivity index (χ4n) is 3.05. The molecule has 0 aromatic heterocycles. The van der Waals surface area contributed by atoms with Crippen LogP contribution in [0.3, 0.4) is 0 Å². The van der Waals surface area contributed by atoms with E-state index >= 15 is 0 Å². The van der Waals surface area contributed by atoms with Crippen LogP contribution in [0, 0.1) is 5.92 Å². The molecule has 80 valence electrons. The van der Waals surface area contributed by atoms with Crippen molar-refractivity contribution in [2.75, 3.05) is 19.0 Å². The third kappa shape index (κ3) is 1.24. The van der Waals surface area contributed by atoms with Crippen LogP contribution in [0.1, 0.15) is 19.3 Å². The van der Waals surface area contributed by atoms with Crippen molar-refractivity contribution in [1.29, 1.82) is 0 Å². The van der Waals surface area contributed by atoms with Gasteiger partial charge >= 0.3 is 0 Å². The van der Waals surface area contributed by atoms with Gasteiger partial charge in [0, 0.05) is 23.0 Å². The van der Waals surface area contributed by atoms with Gasteiger partial charge in [-0.05, 0) is 12.8 Å². The first-order valence-corrected chi connectivity index (χ1v) is 6.52. The SMILES string of the molecule is NC1CCCC2SCC3(OCCO3)C12. The third-order valence-electron chi connectivity index (χ3n) is 3.67. The maximum Gasteiger partial charge on any atom is 0.182 e. The first-order valence-electron chi connectivity index (χ1n) is 5.47. The summed E-state index contributed by atoms with van der Waals surface area (Å²) >= 11 is 2.00. The second-order valence-corrected chi connectivity index (χ2v) is 5.71. The zero-order valence-corrected chi connectivity index (χ0v) is 9.09. The lowest BCUT2D eigenvalue weighted by molar-refractivity contribution is -0.179. The average Bonchev–Trinajstić information content (AvgIpc) is 2.77. The summed E-state index contributed by atoms with van der Waals surface area (Å²) in [6, 6.07) is 0.279. The number of hydrogen-bond donors (Lipinski definition) is 1.